The molecule has 0 fully saturated rings. The molecule has 0 bridgehead atoms. The summed E-state index contributed by atoms with van der Waals surface area (Å²) in [5.74, 6) is -3.13. The molecule has 1 aromatic carbocycles. The van der Waals surface area contributed by atoms with E-state index in [0.29, 0.717) is 5.69 Å². The Kier molecular flexibility index (Phi) is 4.73. The van der Waals surface area contributed by atoms with Gasteiger partial charge in [-0.3, -0.25) is 19.6 Å². The van der Waals surface area contributed by atoms with Gasteiger partial charge >= 0.3 is 5.97 Å². The van der Waals surface area contributed by atoms with Gasteiger partial charge in [-0.05, 0) is 42.8 Å². The van der Waals surface area contributed by atoms with Crippen molar-refractivity contribution < 1.29 is 18.7 Å². The smallest absolute Gasteiger partial charge is 0.321 e. The van der Waals surface area contributed by atoms with Crippen LogP contribution in [0.1, 0.15) is 18.2 Å². The molecule has 8 heteroatoms. The van der Waals surface area contributed by atoms with Crippen molar-refractivity contribution in [3.63, 3.8) is 0 Å². The van der Waals surface area contributed by atoms with Gasteiger partial charge in [0, 0.05) is 11.2 Å². The van der Waals surface area contributed by atoms with Gasteiger partial charge in [-0.2, -0.15) is 0 Å². The van der Waals surface area contributed by atoms with E-state index in [1.165, 1.54) is 19.2 Å². The fourth-order valence-electron chi connectivity index (χ4n) is 2.92. The van der Waals surface area contributed by atoms with Crippen LogP contribution in [0.5, 0.6) is 0 Å². The highest BCUT2D eigenvalue weighted by molar-refractivity contribution is 6.30. The van der Waals surface area contributed by atoms with E-state index >= 15 is 0 Å². The second-order valence-corrected chi connectivity index (χ2v) is 6.36. The summed E-state index contributed by atoms with van der Waals surface area (Å²) in [5.41, 5.74) is -0.729. The molecule has 1 aliphatic heterocycles. The van der Waals surface area contributed by atoms with Gasteiger partial charge in [0.1, 0.15) is 17.1 Å². The number of rotatable bonds is 3. The Morgan fingerprint density at radius 2 is 2.12 bits per heavy atom. The van der Waals surface area contributed by atoms with Gasteiger partial charge in [0.25, 0.3) is 0 Å². The summed E-state index contributed by atoms with van der Waals surface area (Å²) in [7, 11) is 1.17. The first-order valence-electron chi connectivity index (χ1n) is 7.71. The molecule has 26 heavy (non-hydrogen) atoms. The average Bonchev–Trinajstić information content (AvgIpc) is 2.60. The Bertz CT molecular complexity index is 884. The lowest BCUT2D eigenvalue weighted by Gasteiger charge is -2.36. The Labute approximate surface area is 154 Å². The third-order valence-electron chi connectivity index (χ3n) is 4.20. The van der Waals surface area contributed by atoms with Crippen LogP contribution in [0, 0.1) is 11.7 Å². The number of esters is 1. The molecular formula is C18H15ClFN3O3. The van der Waals surface area contributed by atoms with Crippen LogP contribution in [-0.2, 0) is 19.9 Å². The molecule has 2 heterocycles. The van der Waals surface area contributed by atoms with Crippen molar-refractivity contribution in [2.75, 3.05) is 7.11 Å². The number of hydrogen-bond acceptors (Lipinski definition) is 5. The van der Waals surface area contributed by atoms with E-state index in [1.807, 2.05) is 0 Å². The SMILES string of the molecule is COC(=O)C1C(=O)NC(c2ccccn2)=NC1(C)c1cc(F)cc(Cl)c1. The molecule has 2 atom stereocenters. The monoisotopic (exact) mass is 375 g/mol. The lowest BCUT2D eigenvalue weighted by molar-refractivity contribution is -0.153. The molecule has 1 N–H and O–H groups in total. The van der Waals surface area contributed by atoms with Gasteiger partial charge in [-0.25, -0.2) is 4.39 Å². The minimum atomic E-state index is -1.42. The topological polar surface area (TPSA) is 80.7 Å². The van der Waals surface area contributed by atoms with Gasteiger partial charge < -0.3 is 10.1 Å². The summed E-state index contributed by atoms with van der Waals surface area (Å²) in [6, 6.07) is 8.92. The highest BCUT2D eigenvalue weighted by Gasteiger charge is 2.50. The largest absolute Gasteiger partial charge is 0.468 e. The predicted molar refractivity (Wildman–Crippen MR) is 93.2 cm³/mol. The standard InChI is InChI=1S/C18H15ClFN3O3/c1-18(10-7-11(19)9-12(20)8-10)14(17(25)26-2)16(24)22-15(23-18)13-5-3-4-6-21-13/h3-9,14H,1-2H3,(H,22,23,24). The Balaban J connectivity index is 2.22. The number of nitrogens with zero attached hydrogens (tertiary/aromatic N) is 2. The number of benzene rings is 1. The number of aliphatic imine (C=N–C) groups is 1. The highest BCUT2D eigenvalue weighted by Crippen LogP contribution is 2.39. The van der Waals surface area contributed by atoms with Crippen LogP contribution in [0.4, 0.5) is 4.39 Å². The van der Waals surface area contributed by atoms with Crippen molar-refractivity contribution in [2.45, 2.75) is 12.5 Å². The van der Waals surface area contributed by atoms with E-state index in [2.05, 4.69) is 15.3 Å². The quantitative estimate of drug-likeness (QED) is 0.660. The summed E-state index contributed by atoms with van der Waals surface area (Å²) in [6.07, 6.45) is 1.55. The molecule has 0 saturated carbocycles. The Morgan fingerprint density at radius 3 is 2.73 bits per heavy atom. The van der Waals surface area contributed by atoms with Crippen molar-refractivity contribution >= 4 is 29.3 Å². The van der Waals surface area contributed by atoms with Gasteiger partial charge in [0.05, 0.1) is 7.11 Å². The van der Waals surface area contributed by atoms with Crippen LogP contribution < -0.4 is 5.32 Å². The summed E-state index contributed by atoms with van der Waals surface area (Å²) in [5, 5.41) is 2.70. The van der Waals surface area contributed by atoms with Crippen LogP contribution >= 0.6 is 11.6 Å². The normalized spacial score (nSPS) is 22.4. The van der Waals surface area contributed by atoms with E-state index in [1.54, 1.807) is 31.3 Å². The van der Waals surface area contributed by atoms with Crippen molar-refractivity contribution in [1.82, 2.24) is 10.3 Å². The molecule has 2 aromatic rings. The van der Waals surface area contributed by atoms with Gasteiger partial charge in [-0.15, -0.1) is 0 Å². The molecule has 6 nitrogen and oxygen atoms in total. The minimum absolute atomic E-state index is 0.130. The van der Waals surface area contributed by atoms with E-state index in [0.717, 1.165) is 6.07 Å². The molecular weight excluding hydrogens is 361 g/mol. The molecule has 0 spiro atoms. The molecule has 134 valence electrons. The summed E-state index contributed by atoms with van der Waals surface area (Å²) in [6.45, 7) is 1.56. The number of ether oxygens (including phenoxy) is 1. The number of amides is 1. The van der Waals surface area contributed by atoms with Crippen LogP contribution in [0.25, 0.3) is 0 Å². The maximum absolute atomic E-state index is 13.9. The maximum Gasteiger partial charge on any atom is 0.321 e. The van der Waals surface area contributed by atoms with Gasteiger partial charge in [0.2, 0.25) is 5.91 Å². The first-order valence-corrected chi connectivity index (χ1v) is 8.09. The Morgan fingerprint density at radius 1 is 1.35 bits per heavy atom. The number of carbonyl (C=O) groups excluding carboxylic acids is 2. The predicted octanol–water partition coefficient (Wildman–Crippen LogP) is 2.46. The zero-order chi connectivity index (χ0) is 18.9. The number of halogens is 2. The highest BCUT2D eigenvalue weighted by atomic mass is 35.5. The number of aromatic nitrogens is 1. The third-order valence-corrected chi connectivity index (χ3v) is 4.42. The van der Waals surface area contributed by atoms with E-state index in [4.69, 9.17) is 16.3 Å². The second kappa shape index (κ2) is 6.84. The molecule has 0 saturated heterocycles. The van der Waals surface area contributed by atoms with E-state index in [9.17, 15) is 14.0 Å². The number of carbonyl (C=O) groups is 2. The van der Waals surface area contributed by atoms with Crippen molar-refractivity contribution in [3.8, 4) is 0 Å². The fraction of sp³-hybridized carbons (Fsp3) is 0.222. The molecule has 1 amide bonds. The third kappa shape index (κ3) is 3.17. The van der Waals surface area contributed by atoms with Crippen LogP contribution in [-0.4, -0.2) is 29.8 Å². The van der Waals surface area contributed by atoms with Crippen molar-refractivity contribution in [2.24, 2.45) is 10.9 Å². The van der Waals surface area contributed by atoms with Crippen LogP contribution in [0.3, 0.4) is 0 Å². The zero-order valence-electron chi connectivity index (χ0n) is 14.0. The van der Waals surface area contributed by atoms with Gasteiger partial charge in [0.15, 0.2) is 11.8 Å². The summed E-state index contributed by atoms with van der Waals surface area (Å²) >= 11 is 5.96. The molecule has 2 unspecified atom stereocenters. The number of hydrogen-bond donors (Lipinski definition) is 1. The number of amidine groups is 1. The molecule has 3 rings (SSSR count). The van der Waals surface area contributed by atoms with Crippen molar-refractivity contribution in [3.05, 3.63) is 64.7 Å². The van der Waals surface area contributed by atoms with E-state index in [-0.39, 0.29) is 16.4 Å². The molecule has 0 radical (unpaired) electrons. The average molecular weight is 376 g/mol. The lowest BCUT2D eigenvalue weighted by Crippen LogP contribution is -2.54. The number of pyridine rings is 1. The second-order valence-electron chi connectivity index (χ2n) is 5.93. The fourth-order valence-corrected chi connectivity index (χ4v) is 3.15. The maximum atomic E-state index is 13.9. The first kappa shape index (κ1) is 18.0. The molecule has 0 aliphatic carbocycles. The number of methoxy groups -OCH3 is 1. The van der Waals surface area contributed by atoms with Gasteiger partial charge in [-0.1, -0.05) is 17.7 Å². The van der Waals surface area contributed by atoms with Crippen molar-refractivity contribution in [1.29, 1.82) is 0 Å². The first-order chi connectivity index (χ1) is 12.3. The Hall–Kier alpha value is -2.80. The summed E-state index contributed by atoms with van der Waals surface area (Å²) in [4.78, 5) is 33.7. The summed E-state index contributed by atoms with van der Waals surface area (Å²) < 4.78 is 18.7. The van der Waals surface area contributed by atoms with Crippen LogP contribution in [0.15, 0.2) is 47.6 Å². The van der Waals surface area contributed by atoms with E-state index < -0.39 is 29.2 Å². The lowest BCUT2D eigenvalue weighted by atomic mass is 9.78. The number of nitrogens with one attached hydrogen (secondary N) is 1. The molecule has 1 aromatic heterocycles. The van der Waals surface area contributed by atoms with Crippen LogP contribution in [0.2, 0.25) is 5.02 Å². The zero-order valence-corrected chi connectivity index (χ0v) is 14.7. The minimum Gasteiger partial charge on any atom is -0.468 e. The molecule has 1 aliphatic rings.